The van der Waals surface area contributed by atoms with Crippen molar-refractivity contribution in [2.75, 3.05) is 13.1 Å². The fourth-order valence-corrected chi connectivity index (χ4v) is 2.82. The monoisotopic (exact) mass is 321 g/mol. The zero-order chi connectivity index (χ0) is 14.7. The molecule has 3 rings (SSSR count). The molecule has 1 saturated heterocycles. The second kappa shape index (κ2) is 7.42. The zero-order valence-electron chi connectivity index (χ0n) is 12.3. The Kier molecular flexibility index (Phi) is 5.57. The molecule has 22 heavy (non-hydrogen) atoms. The van der Waals surface area contributed by atoms with Gasteiger partial charge in [0.05, 0.1) is 17.8 Å². The minimum absolute atomic E-state index is 0. The van der Waals surface area contributed by atoms with Crippen LogP contribution in [0.25, 0.3) is 5.69 Å². The van der Waals surface area contributed by atoms with Gasteiger partial charge in [-0.25, -0.2) is 4.68 Å². The predicted octanol–water partition coefficient (Wildman–Crippen LogP) is 2.59. The number of carboxylic acids is 1. The summed E-state index contributed by atoms with van der Waals surface area (Å²) in [5.41, 5.74) is 2.15. The molecule has 1 unspecified atom stereocenters. The van der Waals surface area contributed by atoms with Gasteiger partial charge in [0.1, 0.15) is 0 Å². The van der Waals surface area contributed by atoms with Gasteiger partial charge >= 0.3 is 5.97 Å². The van der Waals surface area contributed by atoms with Gasteiger partial charge in [0.2, 0.25) is 0 Å². The Balaban J connectivity index is 0.00000176. The summed E-state index contributed by atoms with van der Waals surface area (Å²) in [6.45, 7) is 2.35. The van der Waals surface area contributed by atoms with Crippen LogP contribution in [0.1, 0.15) is 18.4 Å². The molecule has 118 valence electrons. The smallest absolute Gasteiger partial charge is 0.307 e. The van der Waals surface area contributed by atoms with Crippen molar-refractivity contribution in [1.29, 1.82) is 0 Å². The Bertz CT molecular complexity index is 615. The first kappa shape index (κ1) is 16.5. The van der Waals surface area contributed by atoms with Crippen molar-refractivity contribution in [3.05, 3.63) is 48.3 Å². The third-order valence-electron chi connectivity index (χ3n) is 3.92. The highest BCUT2D eigenvalue weighted by Crippen LogP contribution is 2.19. The largest absolute Gasteiger partial charge is 0.481 e. The van der Waals surface area contributed by atoms with Crippen LogP contribution in [0.3, 0.4) is 0 Å². The van der Waals surface area contributed by atoms with Crippen molar-refractivity contribution in [1.82, 2.24) is 14.7 Å². The lowest BCUT2D eigenvalue weighted by Gasteiger charge is -2.30. The first-order valence-corrected chi connectivity index (χ1v) is 7.26. The van der Waals surface area contributed by atoms with Gasteiger partial charge in [0.25, 0.3) is 0 Å². The van der Waals surface area contributed by atoms with Crippen LogP contribution in [-0.2, 0) is 11.3 Å². The van der Waals surface area contributed by atoms with E-state index in [1.54, 1.807) is 0 Å². The minimum Gasteiger partial charge on any atom is -0.481 e. The normalized spacial score (nSPS) is 18.6. The number of piperidine rings is 1. The van der Waals surface area contributed by atoms with E-state index in [2.05, 4.69) is 10.00 Å². The number of nitrogens with zero attached hydrogens (tertiary/aromatic N) is 3. The molecule has 2 aromatic rings. The van der Waals surface area contributed by atoms with Crippen molar-refractivity contribution in [3.8, 4) is 5.69 Å². The van der Waals surface area contributed by atoms with E-state index in [9.17, 15) is 4.79 Å². The molecule has 0 radical (unpaired) electrons. The van der Waals surface area contributed by atoms with Crippen LogP contribution < -0.4 is 0 Å². The molecule has 1 aromatic heterocycles. The molecule has 0 saturated carbocycles. The molecule has 5 nitrogen and oxygen atoms in total. The number of para-hydroxylation sites is 1. The number of aliphatic carboxylic acids is 1. The van der Waals surface area contributed by atoms with Crippen LogP contribution >= 0.6 is 12.4 Å². The number of benzene rings is 1. The van der Waals surface area contributed by atoms with E-state index in [0.717, 1.165) is 37.2 Å². The Labute approximate surface area is 136 Å². The number of carboxylic acid groups (broad SMARTS) is 1. The lowest BCUT2D eigenvalue weighted by atomic mass is 9.98. The molecule has 0 aliphatic carbocycles. The van der Waals surface area contributed by atoms with Crippen molar-refractivity contribution in [3.63, 3.8) is 0 Å². The van der Waals surface area contributed by atoms with E-state index in [1.165, 1.54) is 0 Å². The van der Waals surface area contributed by atoms with Crippen LogP contribution in [0, 0.1) is 5.92 Å². The van der Waals surface area contributed by atoms with Crippen LogP contribution in [0.2, 0.25) is 0 Å². The fraction of sp³-hybridized carbons (Fsp3) is 0.375. The number of halogens is 1. The number of aromatic nitrogens is 2. The van der Waals surface area contributed by atoms with Crippen molar-refractivity contribution in [2.24, 2.45) is 5.92 Å². The molecule has 1 aliphatic heterocycles. The molecule has 1 aliphatic rings. The lowest BCUT2D eigenvalue weighted by molar-refractivity contribution is -0.143. The third kappa shape index (κ3) is 3.87. The summed E-state index contributed by atoms with van der Waals surface area (Å²) in [5.74, 6) is -0.914. The number of hydrogen-bond donors (Lipinski definition) is 1. The molecular weight excluding hydrogens is 302 g/mol. The Morgan fingerprint density at radius 2 is 2.09 bits per heavy atom. The summed E-state index contributed by atoms with van der Waals surface area (Å²) in [4.78, 5) is 13.3. The highest BCUT2D eigenvalue weighted by Gasteiger charge is 2.25. The summed E-state index contributed by atoms with van der Waals surface area (Å²) >= 11 is 0. The van der Waals surface area contributed by atoms with Crippen molar-refractivity contribution < 1.29 is 9.90 Å². The minimum atomic E-state index is -0.681. The van der Waals surface area contributed by atoms with Crippen LogP contribution in [0.4, 0.5) is 0 Å². The van der Waals surface area contributed by atoms with Crippen LogP contribution in [0.5, 0.6) is 0 Å². The van der Waals surface area contributed by atoms with E-state index < -0.39 is 5.97 Å². The number of rotatable bonds is 4. The van der Waals surface area contributed by atoms with E-state index in [-0.39, 0.29) is 18.3 Å². The van der Waals surface area contributed by atoms with Crippen LogP contribution in [-0.4, -0.2) is 38.8 Å². The summed E-state index contributed by atoms with van der Waals surface area (Å²) in [6, 6.07) is 9.97. The molecule has 0 amide bonds. The average Bonchev–Trinajstić information content (AvgIpc) is 2.97. The highest BCUT2D eigenvalue weighted by atomic mass is 35.5. The second-order valence-electron chi connectivity index (χ2n) is 5.54. The van der Waals surface area contributed by atoms with Gasteiger partial charge in [-0.05, 0) is 31.5 Å². The molecular formula is C16H20ClN3O2. The summed E-state index contributed by atoms with van der Waals surface area (Å²) in [5, 5.41) is 13.5. The number of hydrogen-bond acceptors (Lipinski definition) is 3. The topological polar surface area (TPSA) is 58.4 Å². The van der Waals surface area contributed by atoms with Gasteiger partial charge in [0, 0.05) is 24.8 Å². The number of likely N-dealkylation sites (tertiary alicyclic amines) is 1. The Hall–Kier alpha value is -1.85. The van der Waals surface area contributed by atoms with Gasteiger partial charge in [-0.15, -0.1) is 12.4 Å². The Morgan fingerprint density at radius 3 is 2.82 bits per heavy atom. The fourth-order valence-electron chi connectivity index (χ4n) is 2.82. The molecule has 1 aromatic carbocycles. The quantitative estimate of drug-likeness (QED) is 0.940. The van der Waals surface area contributed by atoms with E-state index in [1.807, 2.05) is 47.4 Å². The third-order valence-corrected chi connectivity index (χ3v) is 3.92. The average molecular weight is 322 g/mol. The van der Waals surface area contributed by atoms with Gasteiger partial charge in [-0.1, -0.05) is 18.2 Å². The van der Waals surface area contributed by atoms with Gasteiger partial charge in [-0.3, -0.25) is 9.69 Å². The lowest BCUT2D eigenvalue weighted by Crippen LogP contribution is -2.38. The van der Waals surface area contributed by atoms with E-state index in [0.29, 0.717) is 6.54 Å². The van der Waals surface area contributed by atoms with Gasteiger partial charge in [0.15, 0.2) is 0 Å². The summed E-state index contributed by atoms with van der Waals surface area (Å²) < 4.78 is 1.86. The zero-order valence-corrected chi connectivity index (χ0v) is 13.1. The second-order valence-corrected chi connectivity index (χ2v) is 5.54. The summed E-state index contributed by atoms with van der Waals surface area (Å²) in [6.07, 6.45) is 5.61. The molecule has 0 bridgehead atoms. The van der Waals surface area contributed by atoms with E-state index in [4.69, 9.17) is 5.11 Å². The van der Waals surface area contributed by atoms with Crippen LogP contribution in [0.15, 0.2) is 42.7 Å². The maximum absolute atomic E-state index is 11.1. The summed E-state index contributed by atoms with van der Waals surface area (Å²) in [7, 11) is 0. The molecule has 1 fully saturated rings. The predicted molar refractivity (Wildman–Crippen MR) is 86.4 cm³/mol. The van der Waals surface area contributed by atoms with Gasteiger partial charge in [-0.2, -0.15) is 5.10 Å². The molecule has 1 N–H and O–H groups in total. The maximum Gasteiger partial charge on any atom is 0.307 e. The highest BCUT2D eigenvalue weighted by molar-refractivity contribution is 5.85. The molecule has 1 atom stereocenters. The molecule has 6 heteroatoms. The SMILES string of the molecule is Cl.O=C(O)C1CCCN(Cc2cnn(-c3ccccc3)c2)C1. The first-order valence-electron chi connectivity index (χ1n) is 7.26. The molecule has 2 heterocycles. The van der Waals surface area contributed by atoms with Crippen molar-refractivity contribution >= 4 is 18.4 Å². The van der Waals surface area contributed by atoms with Gasteiger partial charge < -0.3 is 5.11 Å². The van der Waals surface area contributed by atoms with E-state index >= 15 is 0 Å². The Morgan fingerprint density at radius 1 is 1.32 bits per heavy atom. The standard InChI is InChI=1S/C16H19N3O2.ClH/c20-16(21)14-5-4-8-18(12-14)10-13-9-17-19(11-13)15-6-2-1-3-7-15;/h1-3,6-7,9,11,14H,4-5,8,10,12H2,(H,20,21);1H. The molecule has 0 spiro atoms. The van der Waals surface area contributed by atoms with Crippen molar-refractivity contribution in [2.45, 2.75) is 19.4 Å². The maximum atomic E-state index is 11.1. The first-order chi connectivity index (χ1) is 10.2. The number of carbonyl (C=O) groups is 1.